The Kier molecular flexibility index (Phi) is 7.20. The molecule has 0 saturated carbocycles. The highest BCUT2D eigenvalue weighted by atomic mass is 16.2. The topological polar surface area (TPSA) is 58.4 Å². The predicted molar refractivity (Wildman–Crippen MR) is 59.2 cm³/mol. The summed E-state index contributed by atoms with van der Waals surface area (Å²) in [5.74, 6) is 0. The number of amides is 2. The molecule has 4 nitrogen and oxygen atoms in total. The van der Waals surface area contributed by atoms with Crippen molar-refractivity contribution >= 4 is 6.03 Å². The maximum absolute atomic E-state index is 11.4. The van der Waals surface area contributed by atoms with Crippen LogP contribution in [0.3, 0.4) is 0 Å². The van der Waals surface area contributed by atoms with Crippen LogP contribution < -0.4 is 11.1 Å². The Morgan fingerprint density at radius 3 is 2.43 bits per heavy atom. The Morgan fingerprint density at radius 2 is 2.00 bits per heavy atom. The van der Waals surface area contributed by atoms with Gasteiger partial charge in [0.2, 0.25) is 0 Å². The van der Waals surface area contributed by atoms with Crippen molar-refractivity contribution in [2.75, 3.05) is 19.6 Å². The molecule has 0 aliphatic heterocycles. The first-order chi connectivity index (χ1) is 6.61. The van der Waals surface area contributed by atoms with Crippen molar-refractivity contribution in [1.29, 1.82) is 0 Å². The molecule has 0 aliphatic rings. The lowest BCUT2D eigenvalue weighted by Crippen LogP contribution is -2.40. The maximum atomic E-state index is 11.4. The van der Waals surface area contributed by atoms with Crippen LogP contribution in [-0.4, -0.2) is 36.6 Å². The molecule has 14 heavy (non-hydrogen) atoms. The molecule has 2 amide bonds. The largest absolute Gasteiger partial charge is 0.338 e. The molecule has 1 atom stereocenters. The van der Waals surface area contributed by atoms with E-state index in [1.54, 1.807) is 4.90 Å². The second-order valence-corrected chi connectivity index (χ2v) is 3.52. The normalized spacial score (nSPS) is 12.3. The molecular weight excluding hydrogens is 178 g/mol. The van der Waals surface area contributed by atoms with Crippen molar-refractivity contribution in [3.05, 3.63) is 0 Å². The summed E-state index contributed by atoms with van der Waals surface area (Å²) in [7, 11) is 0. The van der Waals surface area contributed by atoms with Gasteiger partial charge < -0.3 is 16.0 Å². The van der Waals surface area contributed by atoms with E-state index in [1.807, 2.05) is 20.8 Å². The minimum absolute atomic E-state index is 0.0275. The Balaban J connectivity index is 3.52. The van der Waals surface area contributed by atoms with Crippen LogP contribution in [0.25, 0.3) is 0 Å². The Morgan fingerprint density at radius 1 is 1.43 bits per heavy atom. The second kappa shape index (κ2) is 7.62. The zero-order chi connectivity index (χ0) is 11.0. The molecule has 0 aromatic heterocycles. The van der Waals surface area contributed by atoms with E-state index >= 15 is 0 Å². The van der Waals surface area contributed by atoms with E-state index in [2.05, 4.69) is 5.32 Å². The zero-order valence-corrected chi connectivity index (χ0v) is 9.55. The molecule has 0 fully saturated rings. The van der Waals surface area contributed by atoms with Crippen molar-refractivity contribution in [2.24, 2.45) is 5.73 Å². The summed E-state index contributed by atoms with van der Waals surface area (Å²) in [6.45, 7) is 8.17. The molecule has 3 N–H and O–H groups in total. The van der Waals surface area contributed by atoms with Crippen LogP contribution in [0.4, 0.5) is 4.79 Å². The summed E-state index contributed by atoms with van der Waals surface area (Å²) in [4.78, 5) is 13.2. The molecule has 84 valence electrons. The van der Waals surface area contributed by atoms with Crippen molar-refractivity contribution < 1.29 is 4.79 Å². The van der Waals surface area contributed by atoms with Gasteiger partial charge >= 0.3 is 6.03 Å². The van der Waals surface area contributed by atoms with Crippen LogP contribution in [0.1, 0.15) is 33.6 Å². The van der Waals surface area contributed by atoms with Crippen molar-refractivity contribution in [3.8, 4) is 0 Å². The molecule has 0 rings (SSSR count). The quantitative estimate of drug-likeness (QED) is 0.634. The van der Waals surface area contributed by atoms with Crippen LogP contribution in [0, 0.1) is 0 Å². The molecule has 0 aromatic rings. The summed E-state index contributed by atoms with van der Waals surface area (Å²) >= 11 is 0. The summed E-state index contributed by atoms with van der Waals surface area (Å²) in [5.41, 5.74) is 5.60. The monoisotopic (exact) mass is 201 g/mol. The van der Waals surface area contributed by atoms with E-state index in [-0.39, 0.29) is 12.1 Å². The molecule has 0 aromatic carbocycles. The third kappa shape index (κ3) is 5.80. The molecule has 4 heteroatoms. The Bertz CT molecular complexity index is 155. The van der Waals surface area contributed by atoms with E-state index in [0.29, 0.717) is 0 Å². The molecular formula is C10H23N3O. The second-order valence-electron chi connectivity index (χ2n) is 3.52. The van der Waals surface area contributed by atoms with Crippen LogP contribution in [0.5, 0.6) is 0 Å². The minimum Gasteiger partial charge on any atom is -0.338 e. The number of carbonyl (C=O) groups is 1. The lowest BCUT2D eigenvalue weighted by molar-refractivity contribution is 0.203. The lowest BCUT2D eigenvalue weighted by atomic mass is 10.2. The average molecular weight is 201 g/mol. The van der Waals surface area contributed by atoms with Gasteiger partial charge in [0.25, 0.3) is 0 Å². The fourth-order valence-electron chi connectivity index (χ4n) is 1.24. The first-order valence-corrected chi connectivity index (χ1v) is 5.40. The van der Waals surface area contributed by atoms with E-state index in [9.17, 15) is 4.79 Å². The summed E-state index contributed by atoms with van der Waals surface area (Å²) in [5, 5.41) is 2.87. The third-order valence-corrected chi connectivity index (χ3v) is 2.16. The molecule has 0 radical (unpaired) electrons. The predicted octanol–water partition coefficient (Wildman–Crippen LogP) is 1.17. The smallest absolute Gasteiger partial charge is 0.317 e. The number of hydrogen-bond acceptors (Lipinski definition) is 2. The number of carbonyl (C=O) groups excluding carboxylic acids is 1. The van der Waals surface area contributed by atoms with Crippen molar-refractivity contribution in [3.63, 3.8) is 0 Å². The van der Waals surface area contributed by atoms with Gasteiger partial charge in [-0.2, -0.15) is 0 Å². The molecule has 0 aliphatic carbocycles. The maximum Gasteiger partial charge on any atom is 0.317 e. The van der Waals surface area contributed by atoms with Gasteiger partial charge in [-0.15, -0.1) is 0 Å². The van der Waals surface area contributed by atoms with Gasteiger partial charge in [-0.3, -0.25) is 0 Å². The number of nitrogens with zero attached hydrogens (tertiary/aromatic N) is 1. The molecule has 0 saturated heterocycles. The van der Waals surface area contributed by atoms with Gasteiger partial charge in [0.15, 0.2) is 0 Å². The van der Waals surface area contributed by atoms with E-state index in [0.717, 1.165) is 32.5 Å². The van der Waals surface area contributed by atoms with E-state index in [1.165, 1.54) is 0 Å². The van der Waals surface area contributed by atoms with Crippen LogP contribution in [-0.2, 0) is 0 Å². The highest BCUT2D eigenvalue weighted by Crippen LogP contribution is 1.93. The first kappa shape index (κ1) is 13.2. The van der Waals surface area contributed by atoms with E-state index < -0.39 is 0 Å². The van der Waals surface area contributed by atoms with Gasteiger partial charge in [-0.25, -0.2) is 4.79 Å². The molecule has 0 bridgehead atoms. The highest BCUT2D eigenvalue weighted by molar-refractivity contribution is 5.73. The Hall–Kier alpha value is -0.770. The molecule has 0 heterocycles. The standard InChI is InChI=1S/C10H23N3O/c1-4-13(5-2)10(14)12-8-6-7-9(3)11/h9H,4-8,11H2,1-3H3,(H,12,14). The first-order valence-electron chi connectivity index (χ1n) is 5.40. The van der Waals surface area contributed by atoms with Gasteiger partial charge in [0.05, 0.1) is 0 Å². The number of nitrogens with one attached hydrogen (secondary N) is 1. The summed E-state index contributed by atoms with van der Waals surface area (Å²) < 4.78 is 0. The highest BCUT2D eigenvalue weighted by Gasteiger charge is 2.07. The summed E-state index contributed by atoms with van der Waals surface area (Å²) in [6, 6.07) is 0.250. The van der Waals surface area contributed by atoms with Crippen LogP contribution >= 0.6 is 0 Å². The fraction of sp³-hybridized carbons (Fsp3) is 0.900. The van der Waals surface area contributed by atoms with Crippen LogP contribution in [0.2, 0.25) is 0 Å². The summed E-state index contributed by atoms with van der Waals surface area (Å²) in [6.07, 6.45) is 1.91. The van der Waals surface area contributed by atoms with Gasteiger partial charge in [-0.1, -0.05) is 0 Å². The van der Waals surface area contributed by atoms with Crippen molar-refractivity contribution in [1.82, 2.24) is 10.2 Å². The lowest BCUT2D eigenvalue weighted by Gasteiger charge is -2.19. The minimum atomic E-state index is 0.0275. The van der Waals surface area contributed by atoms with Crippen molar-refractivity contribution in [2.45, 2.75) is 39.7 Å². The zero-order valence-electron chi connectivity index (χ0n) is 9.55. The van der Waals surface area contributed by atoms with Gasteiger partial charge in [-0.05, 0) is 33.6 Å². The SMILES string of the molecule is CCN(CC)C(=O)NCCCC(C)N. The third-order valence-electron chi connectivity index (χ3n) is 2.16. The van der Waals surface area contributed by atoms with Gasteiger partial charge in [0.1, 0.15) is 0 Å². The molecule has 1 unspecified atom stereocenters. The average Bonchev–Trinajstić information content (AvgIpc) is 2.14. The van der Waals surface area contributed by atoms with E-state index in [4.69, 9.17) is 5.73 Å². The number of urea groups is 1. The number of hydrogen-bond donors (Lipinski definition) is 2. The number of rotatable bonds is 6. The van der Waals surface area contributed by atoms with Gasteiger partial charge in [0, 0.05) is 25.7 Å². The number of nitrogens with two attached hydrogens (primary N) is 1. The van der Waals surface area contributed by atoms with Crippen LogP contribution in [0.15, 0.2) is 0 Å². The molecule has 0 spiro atoms. The Labute approximate surface area is 86.8 Å². The fourth-order valence-corrected chi connectivity index (χ4v) is 1.24.